The first-order valence-corrected chi connectivity index (χ1v) is 7.79. The molecule has 0 radical (unpaired) electrons. The van der Waals surface area contributed by atoms with Crippen LogP contribution in [0.1, 0.15) is 52.0 Å². The molecule has 0 spiro atoms. The van der Waals surface area contributed by atoms with Gasteiger partial charge in [0, 0.05) is 0 Å². The second-order valence-corrected chi connectivity index (χ2v) is 7.33. The van der Waals surface area contributed by atoms with Crippen molar-refractivity contribution in [3.8, 4) is 5.75 Å². The highest BCUT2D eigenvalue weighted by molar-refractivity contribution is 5.79. The first kappa shape index (κ1) is 13.7. The van der Waals surface area contributed by atoms with Crippen molar-refractivity contribution in [2.24, 2.45) is 17.8 Å². The number of hydrogen-bond acceptors (Lipinski definition) is 2. The molecule has 2 heteroatoms. The van der Waals surface area contributed by atoms with E-state index in [9.17, 15) is 4.79 Å². The quantitative estimate of drug-likeness (QED) is 0.592. The predicted molar refractivity (Wildman–Crippen MR) is 79.7 cm³/mol. The van der Waals surface area contributed by atoms with Crippen LogP contribution in [0.5, 0.6) is 5.75 Å². The normalized spacial score (nSPS) is 28.6. The molecule has 3 atom stereocenters. The van der Waals surface area contributed by atoms with Gasteiger partial charge in [-0.15, -0.1) is 0 Å². The lowest BCUT2D eigenvalue weighted by molar-refractivity contribution is -0.136. The Morgan fingerprint density at radius 3 is 2.10 bits per heavy atom. The molecule has 0 aromatic heterocycles. The van der Waals surface area contributed by atoms with E-state index in [2.05, 4.69) is 32.9 Å². The van der Waals surface area contributed by atoms with Crippen LogP contribution >= 0.6 is 0 Å². The zero-order valence-corrected chi connectivity index (χ0v) is 12.7. The highest BCUT2D eigenvalue weighted by atomic mass is 16.5. The van der Waals surface area contributed by atoms with Crippen LogP contribution in [0.4, 0.5) is 0 Å². The summed E-state index contributed by atoms with van der Waals surface area (Å²) in [6.07, 6.45) is 5.00. The van der Waals surface area contributed by atoms with E-state index >= 15 is 0 Å². The minimum atomic E-state index is -0.00888. The molecule has 0 N–H and O–H groups in total. The maximum atomic E-state index is 12.2. The minimum absolute atomic E-state index is 0.00888. The van der Waals surface area contributed by atoms with Crippen LogP contribution in [-0.2, 0) is 10.2 Å². The number of rotatable bonds is 2. The van der Waals surface area contributed by atoms with Gasteiger partial charge >= 0.3 is 5.97 Å². The van der Waals surface area contributed by atoms with Crippen molar-refractivity contribution in [3.05, 3.63) is 29.8 Å². The molecule has 108 valence electrons. The number of esters is 1. The van der Waals surface area contributed by atoms with Gasteiger partial charge in [0.2, 0.25) is 0 Å². The van der Waals surface area contributed by atoms with E-state index in [0.29, 0.717) is 17.6 Å². The highest BCUT2D eigenvalue weighted by Gasteiger charge is 2.55. The van der Waals surface area contributed by atoms with Gasteiger partial charge in [-0.2, -0.15) is 0 Å². The Balaban J connectivity index is 1.62. The second kappa shape index (κ2) is 4.91. The van der Waals surface area contributed by atoms with Crippen molar-refractivity contribution in [1.82, 2.24) is 0 Å². The Hall–Kier alpha value is -1.31. The van der Waals surface area contributed by atoms with Crippen LogP contribution in [0, 0.1) is 17.8 Å². The SMILES string of the molecule is CC(C)(C)c1ccc(OC(=O)C2[C@H]3CCCC[C@@H]23)cc1. The first-order valence-electron chi connectivity index (χ1n) is 7.79. The summed E-state index contributed by atoms with van der Waals surface area (Å²) < 4.78 is 5.56. The van der Waals surface area contributed by atoms with E-state index in [1.807, 2.05) is 12.1 Å². The van der Waals surface area contributed by atoms with E-state index < -0.39 is 0 Å². The monoisotopic (exact) mass is 272 g/mol. The van der Waals surface area contributed by atoms with Gasteiger partial charge in [-0.05, 0) is 47.8 Å². The van der Waals surface area contributed by atoms with Gasteiger partial charge in [-0.3, -0.25) is 4.79 Å². The van der Waals surface area contributed by atoms with Gasteiger partial charge in [0.1, 0.15) is 5.75 Å². The van der Waals surface area contributed by atoms with Crippen molar-refractivity contribution < 1.29 is 9.53 Å². The molecule has 0 bridgehead atoms. The van der Waals surface area contributed by atoms with Crippen LogP contribution in [0.3, 0.4) is 0 Å². The Labute approximate surface area is 121 Å². The number of carbonyl (C=O) groups excluding carboxylic acids is 1. The summed E-state index contributed by atoms with van der Waals surface area (Å²) in [5.74, 6) is 2.09. The van der Waals surface area contributed by atoms with Crippen molar-refractivity contribution in [3.63, 3.8) is 0 Å². The molecular formula is C18H24O2. The predicted octanol–water partition coefficient (Wildman–Crippen LogP) is 4.33. The molecule has 20 heavy (non-hydrogen) atoms. The Morgan fingerprint density at radius 2 is 1.60 bits per heavy atom. The van der Waals surface area contributed by atoms with Gasteiger partial charge in [-0.1, -0.05) is 45.7 Å². The fraction of sp³-hybridized carbons (Fsp3) is 0.611. The van der Waals surface area contributed by atoms with Gasteiger partial charge in [-0.25, -0.2) is 0 Å². The molecule has 1 unspecified atom stereocenters. The van der Waals surface area contributed by atoms with Crippen LogP contribution in [0.25, 0.3) is 0 Å². The van der Waals surface area contributed by atoms with E-state index in [0.717, 1.165) is 0 Å². The molecule has 2 nitrogen and oxygen atoms in total. The summed E-state index contributed by atoms with van der Waals surface area (Å²) in [7, 11) is 0. The Kier molecular flexibility index (Phi) is 3.35. The van der Waals surface area contributed by atoms with E-state index in [4.69, 9.17) is 4.74 Å². The summed E-state index contributed by atoms with van der Waals surface area (Å²) in [5, 5.41) is 0. The Bertz CT molecular complexity index is 483. The van der Waals surface area contributed by atoms with Crippen molar-refractivity contribution in [1.29, 1.82) is 0 Å². The molecule has 0 amide bonds. The molecule has 2 aliphatic rings. The zero-order valence-electron chi connectivity index (χ0n) is 12.7. The molecule has 3 rings (SSSR count). The number of hydrogen-bond donors (Lipinski definition) is 0. The summed E-state index contributed by atoms with van der Waals surface area (Å²) >= 11 is 0. The van der Waals surface area contributed by atoms with Crippen molar-refractivity contribution in [2.45, 2.75) is 51.9 Å². The van der Waals surface area contributed by atoms with Gasteiger partial charge in [0.05, 0.1) is 5.92 Å². The number of benzene rings is 1. The second-order valence-electron chi connectivity index (χ2n) is 7.33. The average Bonchev–Trinajstić information content (AvgIpc) is 3.12. The van der Waals surface area contributed by atoms with Crippen LogP contribution in [0.15, 0.2) is 24.3 Å². The number of fused-ring (bicyclic) bond motifs is 1. The molecule has 0 aliphatic heterocycles. The van der Waals surface area contributed by atoms with Gasteiger partial charge in [0.15, 0.2) is 0 Å². The molecule has 1 aromatic carbocycles. The summed E-state index contributed by atoms with van der Waals surface area (Å²) in [4.78, 5) is 12.2. The highest BCUT2D eigenvalue weighted by Crippen LogP contribution is 2.55. The lowest BCUT2D eigenvalue weighted by Gasteiger charge is -2.19. The van der Waals surface area contributed by atoms with E-state index in [1.165, 1.54) is 31.2 Å². The standard InChI is InChI=1S/C18H24O2/c1-18(2,3)12-8-10-13(11-9-12)20-17(19)16-14-6-4-5-7-15(14)16/h8-11,14-16H,4-7H2,1-3H3/t14-,15+,16?. The third-order valence-electron chi connectivity index (χ3n) is 4.87. The summed E-state index contributed by atoms with van der Waals surface area (Å²) in [6.45, 7) is 6.55. The van der Waals surface area contributed by atoms with Gasteiger partial charge in [0.25, 0.3) is 0 Å². The fourth-order valence-corrected chi connectivity index (χ4v) is 3.55. The molecule has 2 fully saturated rings. The van der Waals surface area contributed by atoms with Gasteiger partial charge < -0.3 is 4.74 Å². The molecule has 2 aliphatic carbocycles. The zero-order chi connectivity index (χ0) is 14.3. The third kappa shape index (κ3) is 2.61. The van der Waals surface area contributed by atoms with E-state index in [1.54, 1.807) is 0 Å². The van der Waals surface area contributed by atoms with Crippen molar-refractivity contribution in [2.75, 3.05) is 0 Å². The van der Waals surface area contributed by atoms with E-state index in [-0.39, 0.29) is 17.3 Å². The molecular weight excluding hydrogens is 248 g/mol. The molecule has 0 heterocycles. The average molecular weight is 272 g/mol. The molecule has 0 saturated heterocycles. The topological polar surface area (TPSA) is 26.3 Å². The third-order valence-corrected chi connectivity index (χ3v) is 4.87. The summed E-state index contributed by atoms with van der Waals surface area (Å²) in [6, 6.07) is 7.96. The first-order chi connectivity index (χ1) is 9.47. The largest absolute Gasteiger partial charge is 0.426 e. The maximum Gasteiger partial charge on any atom is 0.314 e. The van der Waals surface area contributed by atoms with Crippen LogP contribution in [-0.4, -0.2) is 5.97 Å². The fourth-order valence-electron chi connectivity index (χ4n) is 3.55. The molecule has 2 saturated carbocycles. The molecule has 1 aromatic rings. The minimum Gasteiger partial charge on any atom is -0.426 e. The lowest BCUT2D eigenvalue weighted by atomic mass is 9.87. The smallest absolute Gasteiger partial charge is 0.314 e. The van der Waals surface area contributed by atoms with Crippen LogP contribution < -0.4 is 4.74 Å². The Morgan fingerprint density at radius 1 is 1.05 bits per heavy atom. The maximum absolute atomic E-state index is 12.2. The van der Waals surface area contributed by atoms with Crippen LogP contribution in [0.2, 0.25) is 0 Å². The number of carbonyl (C=O) groups is 1. The van der Waals surface area contributed by atoms with Crippen molar-refractivity contribution >= 4 is 5.97 Å². The summed E-state index contributed by atoms with van der Waals surface area (Å²) in [5.41, 5.74) is 1.39. The number of ether oxygens (including phenoxy) is 1. The lowest BCUT2D eigenvalue weighted by Crippen LogP contribution is -2.13.